The fraction of sp³-hybridized carbons (Fsp3) is 0.536. The number of methoxy groups -OCH3 is 2. The lowest BCUT2D eigenvalue weighted by molar-refractivity contribution is 0.0377. The zero-order valence-electron chi connectivity index (χ0n) is 21.5. The van der Waals surface area contributed by atoms with Crippen LogP contribution in [-0.2, 0) is 16.1 Å². The van der Waals surface area contributed by atoms with Crippen molar-refractivity contribution in [3.05, 3.63) is 59.7 Å². The molecule has 3 rings (SSSR count). The molecule has 0 bridgehead atoms. The summed E-state index contributed by atoms with van der Waals surface area (Å²) < 4.78 is 22.4. The van der Waals surface area contributed by atoms with Crippen LogP contribution in [0.1, 0.15) is 42.6 Å². The quantitative estimate of drug-likeness (QED) is 0.431. The zero-order chi connectivity index (χ0) is 25.0. The van der Waals surface area contributed by atoms with Crippen LogP contribution < -0.4 is 14.8 Å². The first-order valence-electron chi connectivity index (χ1n) is 12.5. The molecule has 0 aromatic heterocycles. The van der Waals surface area contributed by atoms with Gasteiger partial charge in [0.15, 0.2) is 11.5 Å². The molecular weight excluding hydrogens is 444 g/mol. The molecule has 1 saturated heterocycles. The number of ether oxygens (including phenoxy) is 4. The van der Waals surface area contributed by atoms with Crippen LogP contribution in [0.5, 0.6) is 11.5 Å². The maximum Gasteiger partial charge on any atom is 0.254 e. The fourth-order valence-corrected chi connectivity index (χ4v) is 4.54. The van der Waals surface area contributed by atoms with E-state index in [2.05, 4.69) is 31.3 Å². The van der Waals surface area contributed by atoms with Gasteiger partial charge in [0.2, 0.25) is 0 Å². The van der Waals surface area contributed by atoms with Crippen molar-refractivity contribution in [3.8, 4) is 11.5 Å². The molecule has 0 radical (unpaired) electrons. The highest BCUT2D eigenvalue weighted by atomic mass is 16.5. The summed E-state index contributed by atoms with van der Waals surface area (Å²) in [5.41, 5.74) is 1.77. The van der Waals surface area contributed by atoms with E-state index in [4.69, 9.17) is 18.9 Å². The second-order valence-corrected chi connectivity index (χ2v) is 9.28. The number of amides is 1. The highest BCUT2D eigenvalue weighted by Crippen LogP contribution is 2.30. The topological polar surface area (TPSA) is 69.3 Å². The Morgan fingerprint density at radius 1 is 1.06 bits per heavy atom. The van der Waals surface area contributed by atoms with Crippen molar-refractivity contribution in [1.29, 1.82) is 0 Å². The molecule has 1 N–H and O–H groups in total. The molecule has 7 nitrogen and oxygen atoms in total. The molecule has 1 fully saturated rings. The lowest BCUT2D eigenvalue weighted by Gasteiger charge is -2.40. The van der Waals surface area contributed by atoms with Crippen molar-refractivity contribution in [3.63, 3.8) is 0 Å². The molecule has 35 heavy (non-hydrogen) atoms. The molecule has 0 aliphatic carbocycles. The Morgan fingerprint density at radius 2 is 1.86 bits per heavy atom. The Bertz CT molecular complexity index is 905. The summed E-state index contributed by atoms with van der Waals surface area (Å²) in [5.74, 6) is 1.54. The minimum Gasteiger partial charge on any atom is -0.493 e. The second-order valence-electron chi connectivity index (χ2n) is 9.28. The number of hydrogen-bond acceptors (Lipinski definition) is 6. The first-order chi connectivity index (χ1) is 17.0. The van der Waals surface area contributed by atoms with Crippen LogP contribution in [0, 0.1) is 5.92 Å². The standard InChI is InChI=1S/C28H40N2O5/c1-21(2)30(25-15-23(17-29-18-25)20-34-19-22-9-6-5-7-10-22)28(31)24-11-12-26(33-4)27(16-24)35-14-8-13-32-3/h5-7,9-12,16,21,23,25,29H,8,13-15,17-20H2,1-4H3/t23-,25+/m0/s1. The molecule has 1 aliphatic heterocycles. The summed E-state index contributed by atoms with van der Waals surface area (Å²) in [6, 6.07) is 15.8. The second kappa shape index (κ2) is 14.1. The van der Waals surface area contributed by atoms with Gasteiger partial charge >= 0.3 is 0 Å². The van der Waals surface area contributed by atoms with Crippen molar-refractivity contribution in [1.82, 2.24) is 10.2 Å². The van der Waals surface area contributed by atoms with Crippen LogP contribution in [0.15, 0.2) is 48.5 Å². The fourth-order valence-electron chi connectivity index (χ4n) is 4.54. The minimum absolute atomic E-state index is 0.00190. The van der Waals surface area contributed by atoms with Gasteiger partial charge in [-0.15, -0.1) is 0 Å². The summed E-state index contributed by atoms with van der Waals surface area (Å²) >= 11 is 0. The van der Waals surface area contributed by atoms with Gasteiger partial charge in [-0.1, -0.05) is 30.3 Å². The highest BCUT2D eigenvalue weighted by molar-refractivity contribution is 5.95. The summed E-state index contributed by atoms with van der Waals surface area (Å²) in [6.07, 6.45) is 1.67. The Kier molecular flexibility index (Phi) is 10.8. The number of hydrogen-bond donors (Lipinski definition) is 1. The van der Waals surface area contributed by atoms with Gasteiger partial charge in [-0.3, -0.25) is 4.79 Å². The number of carbonyl (C=O) groups excluding carboxylic acids is 1. The number of carbonyl (C=O) groups is 1. The molecule has 2 aromatic carbocycles. The molecular formula is C28H40N2O5. The average molecular weight is 485 g/mol. The van der Waals surface area contributed by atoms with Crippen molar-refractivity contribution < 1.29 is 23.7 Å². The van der Waals surface area contributed by atoms with E-state index < -0.39 is 0 Å². The maximum atomic E-state index is 13.7. The van der Waals surface area contributed by atoms with Gasteiger partial charge < -0.3 is 29.2 Å². The van der Waals surface area contributed by atoms with E-state index in [-0.39, 0.29) is 18.0 Å². The number of benzene rings is 2. The van der Waals surface area contributed by atoms with Gasteiger partial charge in [-0.25, -0.2) is 0 Å². The third-order valence-corrected chi connectivity index (χ3v) is 6.23. The van der Waals surface area contributed by atoms with Crippen molar-refractivity contribution >= 4 is 5.91 Å². The van der Waals surface area contributed by atoms with E-state index >= 15 is 0 Å². The van der Waals surface area contributed by atoms with Crippen LogP contribution in [0.3, 0.4) is 0 Å². The summed E-state index contributed by atoms with van der Waals surface area (Å²) in [7, 11) is 3.27. The Hall–Kier alpha value is -2.61. The first kappa shape index (κ1) is 27.0. The highest BCUT2D eigenvalue weighted by Gasteiger charge is 2.32. The number of nitrogens with zero attached hydrogens (tertiary/aromatic N) is 1. The van der Waals surface area contributed by atoms with Gasteiger partial charge in [0.05, 0.1) is 26.9 Å². The summed E-state index contributed by atoms with van der Waals surface area (Å²) in [5, 5.41) is 3.51. The molecule has 7 heteroatoms. The van der Waals surface area contributed by atoms with Crippen LogP contribution in [0.2, 0.25) is 0 Å². The predicted molar refractivity (Wildman–Crippen MR) is 137 cm³/mol. The van der Waals surface area contributed by atoms with E-state index in [9.17, 15) is 4.79 Å². The van der Waals surface area contributed by atoms with Crippen LogP contribution in [0.25, 0.3) is 0 Å². The Balaban J connectivity index is 1.64. The maximum absolute atomic E-state index is 13.7. The normalized spacial score (nSPS) is 17.9. The third-order valence-electron chi connectivity index (χ3n) is 6.23. The van der Waals surface area contributed by atoms with Crippen LogP contribution in [0.4, 0.5) is 0 Å². The van der Waals surface area contributed by atoms with Gasteiger partial charge in [0.25, 0.3) is 5.91 Å². The zero-order valence-corrected chi connectivity index (χ0v) is 21.5. The van der Waals surface area contributed by atoms with Gasteiger partial charge in [0.1, 0.15) is 0 Å². The van der Waals surface area contributed by atoms with E-state index in [0.717, 1.165) is 25.9 Å². The SMILES string of the molecule is COCCCOc1cc(C(=O)N(C(C)C)[C@H]2CNC[C@@H](COCc3ccccc3)C2)ccc1OC. The summed E-state index contributed by atoms with van der Waals surface area (Å²) in [4.78, 5) is 15.7. The molecule has 1 aliphatic rings. The molecule has 2 aromatic rings. The smallest absolute Gasteiger partial charge is 0.254 e. The number of nitrogens with one attached hydrogen (secondary N) is 1. The lowest BCUT2D eigenvalue weighted by Crippen LogP contribution is -2.54. The molecule has 1 heterocycles. The summed E-state index contributed by atoms with van der Waals surface area (Å²) in [6.45, 7) is 8.19. The van der Waals surface area contributed by atoms with E-state index in [0.29, 0.717) is 49.4 Å². The molecule has 192 valence electrons. The largest absolute Gasteiger partial charge is 0.493 e. The molecule has 1 amide bonds. The molecule has 0 saturated carbocycles. The monoisotopic (exact) mass is 484 g/mol. The molecule has 0 unspecified atom stereocenters. The third kappa shape index (κ3) is 7.95. The minimum atomic E-state index is 0.00190. The molecule has 0 spiro atoms. The predicted octanol–water partition coefficient (Wildman–Crippen LogP) is 4.16. The van der Waals surface area contributed by atoms with Gasteiger partial charge in [-0.05, 0) is 49.9 Å². The number of rotatable bonds is 13. The Labute approximate surface area is 209 Å². The lowest BCUT2D eigenvalue weighted by atomic mass is 9.94. The number of piperidine rings is 1. The van der Waals surface area contributed by atoms with Crippen molar-refractivity contribution in [2.45, 2.75) is 45.4 Å². The van der Waals surface area contributed by atoms with Crippen molar-refractivity contribution in [2.75, 3.05) is 47.1 Å². The van der Waals surface area contributed by atoms with Gasteiger partial charge in [0, 0.05) is 50.9 Å². The van der Waals surface area contributed by atoms with E-state index in [1.807, 2.05) is 29.2 Å². The van der Waals surface area contributed by atoms with Gasteiger partial charge in [-0.2, -0.15) is 0 Å². The van der Waals surface area contributed by atoms with E-state index in [1.54, 1.807) is 26.4 Å². The van der Waals surface area contributed by atoms with E-state index in [1.165, 1.54) is 5.56 Å². The molecule has 2 atom stereocenters. The van der Waals surface area contributed by atoms with Crippen LogP contribution >= 0.6 is 0 Å². The average Bonchev–Trinajstić information content (AvgIpc) is 2.87. The van der Waals surface area contributed by atoms with Crippen LogP contribution in [-0.4, -0.2) is 70.0 Å². The first-order valence-corrected chi connectivity index (χ1v) is 12.5. The van der Waals surface area contributed by atoms with Crippen molar-refractivity contribution in [2.24, 2.45) is 5.92 Å². The Morgan fingerprint density at radius 3 is 2.57 bits per heavy atom.